The number of thiazole rings is 1. The van der Waals surface area contributed by atoms with Crippen molar-refractivity contribution in [2.24, 2.45) is 5.92 Å². The summed E-state index contributed by atoms with van der Waals surface area (Å²) < 4.78 is 5.34. The van der Waals surface area contributed by atoms with Gasteiger partial charge in [0.2, 0.25) is 5.91 Å². The van der Waals surface area contributed by atoms with Crippen molar-refractivity contribution < 1.29 is 9.53 Å². The summed E-state index contributed by atoms with van der Waals surface area (Å²) in [4.78, 5) is 19.0. The number of nitrogens with one attached hydrogen (secondary N) is 2. The fourth-order valence-corrected chi connectivity index (χ4v) is 3.41. The van der Waals surface area contributed by atoms with E-state index < -0.39 is 0 Å². The van der Waals surface area contributed by atoms with Crippen LogP contribution in [-0.4, -0.2) is 55.2 Å². The van der Waals surface area contributed by atoms with Crippen LogP contribution >= 0.6 is 36.2 Å². The quantitative estimate of drug-likeness (QED) is 0.830. The molecule has 1 atom stereocenters. The zero-order chi connectivity index (χ0) is 14.5. The van der Waals surface area contributed by atoms with Crippen LogP contribution < -0.4 is 10.6 Å². The fourth-order valence-electron chi connectivity index (χ4n) is 2.71. The minimum Gasteiger partial charge on any atom is -0.379 e. The molecule has 0 aromatic carbocycles. The lowest BCUT2D eigenvalue weighted by Gasteiger charge is -2.25. The number of halogens is 2. The number of anilines is 1. The van der Waals surface area contributed by atoms with Gasteiger partial charge in [0.15, 0.2) is 5.13 Å². The summed E-state index contributed by atoms with van der Waals surface area (Å²) in [5, 5.41) is 8.97. The number of carbonyl (C=O) groups is 1. The highest BCUT2D eigenvalue weighted by atomic mass is 35.5. The normalized spacial score (nSPS) is 21.8. The maximum atomic E-state index is 12.2. The van der Waals surface area contributed by atoms with E-state index in [1.807, 2.05) is 5.38 Å². The zero-order valence-electron chi connectivity index (χ0n) is 13.0. The van der Waals surface area contributed by atoms with Crippen molar-refractivity contribution in [3.63, 3.8) is 0 Å². The Morgan fingerprint density at radius 1 is 1.43 bits per heavy atom. The Hall–Kier alpha value is -0.440. The molecule has 1 aromatic rings. The summed E-state index contributed by atoms with van der Waals surface area (Å²) in [5.74, 6) is 0.166. The Bertz CT molecular complexity index is 477. The number of hydrogen-bond acceptors (Lipinski definition) is 6. The summed E-state index contributed by atoms with van der Waals surface area (Å²) in [6.07, 6.45) is 2.03. The summed E-state index contributed by atoms with van der Waals surface area (Å²) in [6.45, 7) is 6.12. The van der Waals surface area contributed by atoms with Crippen LogP contribution in [0.25, 0.3) is 0 Å². The van der Waals surface area contributed by atoms with E-state index in [0.29, 0.717) is 5.13 Å². The molecule has 2 N–H and O–H groups in total. The van der Waals surface area contributed by atoms with Gasteiger partial charge in [-0.05, 0) is 19.4 Å². The van der Waals surface area contributed by atoms with Crippen molar-refractivity contribution >= 4 is 47.2 Å². The van der Waals surface area contributed by atoms with Gasteiger partial charge in [-0.3, -0.25) is 9.69 Å². The van der Waals surface area contributed by atoms with Crippen LogP contribution in [-0.2, 0) is 16.1 Å². The number of nitrogens with zero attached hydrogens (tertiary/aromatic N) is 2. The maximum absolute atomic E-state index is 12.2. The second-order valence-corrected chi connectivity index (χ2v) is 6.42. The van der Waals surface area contributed by atoms with Gasteiger partial charge in [0, 0.05) is 31.6 Å². The van der Waals surface area contributed by atoms with Crippen LogP contribution in [0, 0.1) is 5.92 Å². The molecule has 23 heavy (non-hydrogen) atoms. The minimum atomic E-state index is 0. The molecule has 0 bridgehead atoms. The molecule has 3 rings (SSSR count). The van der Waals surface area contributed by atoms with Gasteiger partial charge in [-0.25, -0.2) is 4.98 Å². The van der Waals surface area contributed by atoms with Crippen molar-refractivity contribution in [3.8, 4) is 0 Å². The predicted octanol–water partition coefficient (Wildman–Crippen LogP) is 1.76. The van der Waals surface area contributed by atoms with Crippen LogP contribution in [0.5, 0.6) is 0 Å². The summed E-state index contributed by atoms with van der Waals surface area (Å²) in [5.41, 5.74) is 1.03. The zero-order valence-corrected chi connectivity index (χ0v) is 15.4. The molecular formula is C14H24Cl2N4O2S. The number of hydrogen-bond donors (Lipinski definition) is 2. The third kappa shape index (κ3) is 6.17. The molecule has 0 spiro atoms. The fraction of sp³-hybridized carbons (Fsp3) is 0.714. The molecule has 3 heterocycles. The average molecular weight is 383 g/mol. The Kier molecular flexibility index (Phi) is 9.34. The van der Waals surface area contributed by atoms with Crippen LogP contribution in [0.4, 0.5) is 5.13 Å². The Morgan fingerprint density at radius 3 is 2.91 bits per heavy atom. The van der Waals surface area contributed by atoms with E-state index in [-0.39, 0.29) is 36.6 Å². The highest BCUT2D eigenvalue weighted by Crippen LogP contribution is 2.19. The van der Waals surface area contributed by atoms with Crippen molar-refractivity contribution in [2.45, 2.75) is 19.4 Å². The monoisotopic (exact) mass is 382 g/mol. The van der Waals surface area contributed by atoms with Crippen molar-refractivity contribution in [1.29, 1.82) is 0 Å². The third-order valence-electron chi connectivity index (χ3n) is 3.94. The van der Waals surface area contributed by atoms with Crippen molar-refractivity contribution in [2.75, 3.05) is 44.7 Å². The number of morpholine rings is 1. The van der Waals surface area contributed by atoms with Gasteiger partial charge in [0.05, 0.1) is 24.8 Å². The molecule has 1 amide bonds. The standard InChI is InChI=1S/C14H22N4O2S.2ClH/c19-13(11-2-1-3-15-8-11)17-14-16-12(10-21-14)9-18-4-6-20-7-5-18;;/h10-11,15H,1-9H2,(H,16,17,19);2*1H. The van der Waals surface area contributed by atoms with Crippen LogP contribution in [0.15, 0.2) is 5.38 Å². The molecule has 9 heteroatoms. The number of carbonyl (C=O) groups excluding carboxylic acids is 1. The predicted molar refractivity (Wildman–Crippen MR) is 96.9 cm³/mol. The summed E-state index contributed by atoms with van der Waals surface area (Å²) in [6, 6.07) is 0. The average Bonchev–Trinajstić information content (AvgIpc) is 2.96. The van der Waals surface area contributed by atoms with E-state index in [0.717, 1.165) is 64.5 Å². The lowest BCUT2D eigenvalue weighted by Crippen LogP contribution is -2.37. The molecule has 132 valence electrons. The van der Waals surface area contributed by atoms with E-state index in [9.17, 15) is 4.79 Å². The maximum Gasteiger partial charge on any atom is 0.230 e. The van der Waals surface area contributed by atoms with Crippen LogP contribution in [0.1, 0.15) is 18.5 Å². The molecule has 2 saturated heterocycles. The largest absolute Gasteiger partial charge is 0.379 e. The van der Waals surface area contributed by atoms with Gasteiger partial charge in [-0.15, -0.1) is 36.2 Å². The molecule has 0 saturated carbocycles. The van der Waals surface area contributed by atoms with Crippen molar-refractivity contribution in [1.82, 2.24) is 15.2 Å². The van der Waals surface area contributed by atoms with Crippen LogP contribution in [0.2, 0.25) is 0 Å². The minimum absolute atomic E-state index is 0. The second-order valence-electron chi connectivity index (χ2n) is 5.57. The van der Waals surface area contributed by atoms with Gasteiger partial charge in [-0.2, -0.15) is 0 Å². The first-order chi connectivity index (χ1) is 10.3. The molecule has 2 aliphatic rings. The summed E-state index contributed by atoms with van der Waals surface area (Å²) >= 11 is 1.51. The first-order valence-corrected chi connectivity index (χ1v) is 8.45. The van der Waals surface area contributed by atoms with Gasteiger partial charge in [0.25, 0.3) is 0 Å². The molecular weight excluding hydrogens is 359 g/mol. The van der Waals surface area contributed by atoms with E-state index >= 15 is 0 Å². The lowest BCUT2D eigenvalue weighted by atomic mass is 9.99. The summed E-state index contributed by atoms with van der Waals surface area (Å²) in [7, 11) is 0. The Balaban J connectivity index is 0.00000132. The highest BCUT2D eigenvalue weighted by Gasteiger charge is 2.22. The van der Waals surface area contributed by atoms with Crippen LogP contribution in [0.3, 0.4) is 0 Å². The van der Waals surface area contributed by atoms with E-state index in [4.69, 9.17) is 4.74 Å². The number of piperidine rings is 1. The molecule has 1 aromatic heterocycles. The Morgan fingerprint density at radius 2 is 2.22 bits per heavy atom. The SMILES string of the molecule is Cl.Cl.O=C(Nc1nc(CN2CCOCC2)cs1)C1CCCNC1. The molecule has 0 aliphatic carbocycles. The number of amides is 1. The molecule has 1 unspecified atom stereocenters. The van der Waals surface area contributed by atoms with Gasteiger partial charge in [0.1, 0.15) is 0 Å². The van der Waals surface area contributed by atoms with E-state index in [2.05, 4.69) is 20.5 Å². The van der Waals surface area contributed by atoms with E-state index in [1.165, 1.54) is 11.3 Å². The first-order valence-electron chi connectivity index (χ1n) is 7.57. The number of ether oxygens (including phenoxy) is 1. The lowest BCUT2D eigenvalue weighted by molar-refractivity contribution is -0.120. The van der Waals surface area contributed by atoms with Gasteiger partial charge >= 0.3 is 0 Å². The first kappa shape index (κ1) is 20.6. The second kappa shape index (κ2) is 10.4. The van der Waals surface area contributed by atoms with Gasteiger partial charge in [-0.1, -0.05) is 0 Å². The van der Waals surface area contributed by atoms with Gasteiger partial charge < -0.3 is 15.4 Å². The number of aromatic nitrogens is 1. The highest BCUT2D eigenvalue weighted by molar-refractivity contribution is 7.13. The molecule has 6 nitrogen and oxygen atoms in total. The smallest absolute Gasteiger partial charge is 0.230 e. The molecule has 2 aliphatic heterocycles. The third-order valence-corrected chi connectivity index (χ3v) is 4.75. The van der Waals surface area contributed by atoms with E-state index in [1.54, 1.807) is 0 Å². The van der Waals surface area contributed by atoms with Crippen molar-refractivity contribution in [3.05, 3.63) is 11.1 Å². The molecule has 0 radical (unpaired) electrons. The topological polar surface area (TPSA) is 66.5 Å². The molecule has 2 fully saturated rings. The Labute approximate surface area is 153 Å². The number of rotatable bonds is 4.